The molecule has 0 radical (unpaired) electrons. The monoisotopic (exact) mass is 292 g/mol. The minimum Gasteiger partial charge on any atom is -0.353 e. The van der Waals surface area contributed by atoms with E-state index in [-0.39, 0.29) is 17.7 Å². The van der Waals surface area contributed by atoms with Gasteiger partial charge in [-0.25, -0.2) is 4.99 Å². The molecule has 0 aromatic heterocycles. The highest BCUT2D eigenvalue weighted by molar-refractivity contribution is 7.80. The van der Waals surface area contributed by atoms with Crippen molar-refractivity contribution in [1.29, 1.82) is 0 Å². The van der Waals surface area contributed by atoms with Gasteiger partial charge in [-0.3, -0.25) is 4.79 Å². The number of hydrogen-bond acceptors (Lipinski definition) is 2. The van der Waals surface area contributed by atoms with E-state index < -0.39 is 0 Å². The average molecular weight is 292 g/mol. The summed E-state index contributed by atoms with van der Waals surface area (Å²) in [4.78, 5) is 17.2. The van der Waals surface area contributed by atoms with Crippen molar-refractivity contribution in [2.24, 2.45) is 10.9 Å². The lowest BCUT2D eigenvalue weighted by Crippen LogP contribution is -2.41. The Morgan fingerprint density at radius 3 is 2.38 bits per heavy atom. The van der Waals surface area contributed by atoms with E-state index in [2.05, 4.69) is 10.3 Å². The van der Waals surface area contributed by atoms with Gasteiger partial charge in [0.15, 0.2) is 10.9 Å². The molecule has 0 bridgehead atoms. The molecule has 21 heavy (non-hydrogen) atoms. The maximum Gasteiger partial charge on any atom is 0.193 e. The molecule has 0 fully saturated rings. The number of Topliss-reactive ketones (excluding diaryl/α,β-unsaturated/α-hetero) is 1. The van der Waals surface area contributed by atoms with Crippen molar-refractivity contribution in [3.05, 3.63) is 71.3 Å². The van der Waals surface area contributed by atoms with Gasteiger partial charge in [-0.2, -0.15) is 0 Å². The Morgan fingerprint density at radius 2 is 1.62 bits per heavy atom. The molecule has 2 aromatic carbocycles. The SMILES string of the molecule is O=C1c2ccccc2C2=NC(=S)N[C@H](c3ccccc3)C12. The number of thiocarbonyl (C=S) groups is 1. The lowest BCUT2D eigenvalue weighted by Gasteiger charge is -2.29. The Balaban J connectivity index is 1.88. The van der Waals surface area contributed by atoms with Gasteiger partial charge in [0.25, 0.3) is 0 Å². The molecule has 0 amide bonds. The predicted octanol–water partition coefficient (Wildman–Crippen LogP) is 2.92. The fourth-order valence-corrected chi connectivity index (χ4v) is 3.34. The summed E-state index contributed by atoms with van der Waals surface area (Å²) in [6.07, 6.45) is 0. The van der Waals surface area contributed by atoms with Crippen molar-refractivity contribution >= 4 is 28.8 Å². The third kappa shape index (κ3) is 1.83. The first kappa shape index (κ1) is 12.4. The summed E-state index contributed by atoms with van der Waals surface area (Å²) < 4.78 is 0. The Kier molecular flexibility index (Phi) is 2.72. The van der Waals surface area contributed by atoms with E-state index in [0.717, 1.165) is 22.4 Å². The quantitative estimate of drug-likeness (QED) is 0.822. The summed E-state index contributed by atoms with van der Waals surface area (Å²) in [7, 11) is 0. The van der Waals surface area contributed by atoms with Crippen LogP contribution in [0.5, 0.6) is 0 Å². The van der Waals surface area contributed by atoms with Crippen LogP contribution in [0.4, 0.5) is 0 Å². The summed E-state index contributed by atoms with van der Waals surface area (Å²) in [5.41, 5.74) is 3.51. The van der Waals surface area contributed by atoms with E-state index in [1.807, 2.05) is 54.6 Å². The fraction of sp³-hybridized carbons (Fsp3) is 0.118. The molecule has 1 aliphatic heterocycles. The Labute approximate surface area is 127 Å². The lowest BCUT2D eigenvalue weighted by molar-refractivity contribution is 0.0944. The molecule has 102 valence electrons. The van der Waals surface area contributed by atoms with Crippen molar-refractivity contribution in [2.75, 3.05) is 0 Å². The van der Waals surface area contributed by atoms with Crippen LogP contribution in [0.3, 0.4) is 0 Å². The van der Waals surface area contributed by atoms with Gasteiger partial charge < -0.3 is 5.32 Å². The van der Waals surface area contributed by atoms with Crippen molar-refractivity contribution in [1.82, 2.24) is 5.32 Å². The van der Waals surface area contributed by atoms with Crippen LogP contribution in [-0.2, 0) is 0 Å². The number of nitrogens with one attached hydrogen (secondary N) is 1. The largest absolute Gasteiger partial charge is 0.353 e. The zero-order valence-corrected chi connectivity index (χ0v) is 11.9. The molecule has 1 aliphatic carbocycles. The molecule has 0 saturated heterocycles. The van der Waals surface area contributed by atoms with Crippen LogP contribution < -0.4 is 5.32 Å². The smallest absolute Gasteiger partial charge is 0.193 e. The summed E-state index contributed by atoms with van der Waals surface area (Å²) in [6.45, 7) is 0. The van der Waals surface area contributed by atoms with Gasteiger partial charge in [0.2, 0.25) is 0 Å². The van der Waals surface area contributed by atoms with Gasteiger partial charge in [0, 0.05) is 11.1 Å². The number of aliphatic imine (C=N–C) groups is 1. The average Bonchev–Trinajstić information content (AvgIpc) is 2.81. The van der Waals surface area contributed by atoms with Gasteiger partial charge >= 0.3 is 0 Å². The molecule has 4 heteroatoms. The number of hydrogen-bond donors (Lipinski definition) is 1. The Bertz CT molecular complexity index is 782. The second kappa shape index (κ2) is 4.60. The van der Waals surface area contributed by atoms with E-state index in [0.29, 0.717) is 5.11 Å². The zero-order valence-electron chi connectivity index (χ0n) is 11.1. The second-order valence-corrected chi connectivity index (χ2v) is 5.61. The third-order valence-corrected chi connectivity index (χ3v) is 4.25. The van der Waals surface area contributed by atoms with Crippen LogP contribution in [0.25, 0.3) is 0 Å². The first-order valence-electron chi connectivity index (χ1n) is 6.83. The zero-order chi connectivity index (χ0) is 14.4. The van der Waals surface area contributed by atoms with Crippen LogP contribution in [0.2, 0.25) is 0 Å². The maximum atomic E-state index is 12.8. The van der Waals surface area contributed by atoms with Gasteiger partial charge in [0.05, 0.1) is 17.7 Å². The van der Waals surface area contributed by atoms with Crippen LogP contribution in [0, 0.1) is 5.92 Å². The molecule has 2 aliphatic rings. The maximum absolute atomic E-state index is 12.8. The normalized spacial score (nSPS) is 23.1. The van der Waals surface area contributed by atoms with Crippen molar-refractivity contribution in [3.8, 4) is 0 Å². The summed E-state index contributed by atoms with van der Waals surface area (Å²) in [6, 6.07) is 17.4. The highest BCUT2D eigenvalue weighted by atomic mass is 32.1. The summed E-state index contributed by atoms with van der Waals surface area (Å²) in [5.74, 6) is -0.176. The molecule has 2 atom stereocenters. The number of ketones is 1. The fourth-order valence-electron chi connectivity index (χ4n) is 3.11. The van der Waals surface area contributed by atoms with Gasteiger partial charge in [0.1, 0.15) is 0 Å². The molecule has 2 aromatic rings. The molecule has 3 nitrogen and oxygen atoms in total. The Morgan fingerprint density at radius 1 is 0.952 bits per heavy atom. The van der Waals surface area contributed by atoms with E-state index in [9.17, 15) is 4.79 Å². The first-order chi connectivity index (χ1) is 10.3. The van der Waals surface area contributed by atoms with Gasteiger partial charge in [-0.15, -0.1) is 0 Å². The molecule has 0 spiro atoms. The van der Waals surface area contributed by atoms with E-state index in [1.54, 1.807) is 0 Å². The number of benzene rings is 2. The van der Waals surface area contributed by atoms with Gasteiger partial charge in [-0.05, 0) is 17.8 Å². The minimum atomic E-state index is -0.295. The summed E-state index contributed by atoms with van der Waals surface area (Å²) >= 11 is 5.26. The first-order valence-corrected chi connectivity index (χ1v) is 7.24. The highest BCUT2D eigenvalue weighted by Gasteiger charge is 2.44. The number of carbonyl (C=O) groups is 1. The van der Waals surface area contributed by atoms with Gasteiger partial charge in [-0.1, -0.05) is 54.6 Å². The topological polar surface area (TPSA) is 41.5 Å². The minimum absolute atomic E-state index is 0.119. The number of fused-ring (bicyclic) bond motifs is 3. The molecular formula is C17H12N2OS. The molecule has 1 unspecified atom stereocenters. The lowest BCUT2D eigenvalue weighted by atomic mass is 9.87. The number of nitrogens with zero attached hydrogens (tertiary/aromatic N) is 1. The Hall–Kier alpha value is -2.33. The molecule has 0 saturated carbocycles. The summed E-state index contributed by atoms with van der Waals surface area (Å²) in [5, 5.41) is 3.64. The van der Waals surface area contributed by atoms with Crippen molar-refractivity contribution in [3.63, 3.8) is 0 Å². The van der Waals surface area contributed by atoms with E-state index in [4.69, 9.17) is 12.2 Å². The number of rotatable bonds is 1. The molecule has 1 N–H and O–H groups in total. The predicted molar refractivity (Wildman–Crippen MR) is 85.7 cm³/mol. The van der Waals surface area contributed by atoms with Crippen LogP contribution >= 0.6 is 12.2 Å². The van der Waals surface area contributed by atoms with Crippen molar-refractivity contribution in [2.45, 2.75) is 6.04 Å². The standard InChI is InChI=1S/C17H12N2OS/c20-16-12-9-5-4-8-11(12)15-13(16)14(18-17(21)19-15)10-6-2-1-3-7-10/h1-9,13-14H,(H,18,21)/t13?,14-/m1/s1. The second-order valence-electron chi connectivity index (χ2n) is 5.22. The third-order valence-electron chi connectivity index (χ3n) is 4.04. The van der Waals surface area contributed by atoms with Crippen LogP contribution in [-0.4, -0.2) is 16.6 Å². The number of carbonyl (C=O) groups excluding carboxylic acids is 1. The highest BCUT2D eigenvalue weighted by Crippen LogP contribution is 2.37. The molecule has 4 rings (SSSR count). The van der Waals surface area contributed by atoms with E-state index in [1.165, 1.54) is 0 Å². The molecule has 1 heterocycles. The van der Waals surface area contributed by atoms with Crippen LogP contribution in [0.15, 0.2) is 59.6 Å². The van der Waals surface area contributed by atoms with Crippen molar-refractivity contribution < 1.29 is 4.79 Å². The van der Waals surface area contributed by atoms with E-state index >= 15 is 0 Å². The molecular weight excluding hydrogens is 280 g/mol. The van der Waals surface area contributed by atoms with Crippen LogP contribution in [0.1, 0.15) is 27.5 Å².